The molecule has 0 spiro atoms. The van der Waals surface area contributed by atoms with Crippen molar-refractivity contribution in [2.75, 3.05) is 6.54 Å². The zero-order valence-electron chi connectivity index (χ0n) is 11.4. The number of hydrogen-bond donors (Lipinski definition) is 1. The number of pyridine rings is 1. The molecule has 0 bridgehead atoms. The summed E-state index contributed by atoms with van der Waals surface area (Å²) in [5.41, 5.74) is 3.38. The SMILES string of the molecule is CCCNC(c1cnccc1C)c1c(Br)nnn1C. The summed E-state index contributed by atoms with van der Waals surface area (Å²) < 4.78 is 2.57. The first-order chi connectivity index (χ1) is 9.15. The van der Waals surface area contributed by atoms with E-state index in [0.29, 0.717) is 0 Å². The van der Waals surface area contributed by atoms with Gasteiger partial charge in [0.05, 0.1) is 11.7 Å². The highest BCUT2D eigenvalue weighted by Gasteiger charge is 2.22. The molecule has 0 aliphatic rings. The third kappa shape index (κ3) is 3.01. The lowest BCUT2D eigenvalue weighted by Crippen LogP contribution is -2.26. The second-order valence-electron chi connectivity index (χ2n) is 4.51. The molecule has 1 N–H and O–H groups in total. The Kier molecular flexibility index (Phi) is 4.66. The Labute approximate surface area is 121 Å². The minimum absolute atomic E-state index is 0.0445. The number of nitrogens with one attached hydrogen (secondary N) is 1. The van der Waals surface area contributed by atoms with E-state index in [1.54, 1.807) is 4.68 Å². The van der Waals surface area contributed by atoms with Crippen molar-refractivity contribution in [2.45, 2.75) is 26.3 Å². The fourth-order valence-corrected chi connectivity index (χ4v) is 2.62. The van der Waals surface area contributed by atoms with Gasteiger partial charge in [-0.25, -0.2) is 4.68 Å². The van der Waals surface area contributed by atoms with Crippen LogP contribution in [0, 0.1) is 6.92 Å². The van der Waals surface area contributed by atoms with Crippen LogP contribution in [0.25, 0.3) is 0 Å². The zero-order chi connectivity index (χ0) is 13.8. The van der Waals surface area contributed by atoms with E-state index in [-0.39, 0.29) is 6.04 Å². The first-order valence-corrected chi connectivity index (χ1v) is 7.13. The Morgan fingerprint density at radius 2 is 2.26 bits per heavy atom. The van der Waals surface area contributed by atoms with Crippen molar-refractivity contribution in [3.05, 3.63) is 39.9 Å². The summed E-state index contributed by atoms with van der Waals surface area (Å²) in [7, 11) is 1.90. The fourth-order valence-electron chi connectivity index (χ4n) is 2.07. The van der Waals surface area contributed by atoms with E-state index in [9.17, 15) is 0 Å². The molecule has 1 unspecified atom stereocenters. The fraction of sp³-hybridized carbons (Fsp3) is 0.462. The lowest BCUT2D eigenvalue weighted by Gasteiger charge is -2.20. The van der Waals surface area contributed by atoms with E-state index in [1.807, 2.05) is 25.5 Å². The van der Waals surface area contributed by atoms with Crippen molar-refractivity contribution in [3.8, 4) is 0 Å². The summed E-state index contributed by atoms with van der Waals surface area (Å²) in [4.78, 5) is 4.24. The van der Waals surface area contributed by atoms with Gasteiger partial charge in [-0.1, -0.05) is 12.1 Å². The van der Waals surface area contributed by atoms with Crippen LogP contribution in [0.3, 0.4) is 0 Å². The second-order valence-corrected chi connectivity index (χ2v) is 5.26. The van der Waals surface area contributed by atoms with Gasteiger partial charge >= 0.3 is 0 Å². The Bertz CT molecular complexity index is 532. The van der Waals surface area contributed by atoms with Crippen LogP contribution < -0.4 is 5.32 Å². The zero-order valence-corrected chi connectivity index (χ0v) is 13.0. The highest BCUT2D eigenvalue weighted by atomic mass is 79.9. The standard InChI is InChI=1S/C13H18BrN5/c1-4-6-16-11(10-8-15-7-5-9(10)2)12-13(14)17-18-19(12)3/h5,7-8,11,16H,4,6H2,1-3H3. The first-order valence-electron chi connectivity index (χ1n) is 6.34. The molecule has 19 heavy (non-hydrogen) atoms. The lowest BCUT2D eigenvalue weighted by molar-refractivity contribution is 0.546. The van der Waals surface area contributed by atoms with Crippen molar-refractivity contribution >= 4 is 15.9 Å². The number of aryl methyl sites for hydroxylation is 2. The molecule has 2 aromatic heterocycles. The maximum Gasteiger partial charge on any atom is 0.153 e. The second kappa shape index (κ2) is 6.25. The molecule has 2 heterocycles. The molecule has 102 valence electrons. The maximum absolute atomic E-state index is 4.24. The van der Waals surface area contributed by atoms with Gasteiger partial charge in [0.15, 0.2) is 4.60 Å². The van der Waals surface area contributed by atoms with Gasteiger partial charge in [0.1, 0.15) is 0 Å². The highest BCUT2D eigenvalue weighted by Crippen LogP contribution is 2.28. The van der Waals surface area contributed by atoms with Crippen molar-refractivity contribution in [1.82, 2.24) is 25.3 Å². The van der Waals surface area contributed by atoms with Gasteiger partial charge in [-0.05, 0) is 53.0 Å². The number of nitrogens with zero attached hydrogens (tertiary/aromatic N) is 4. The maximum atomic E-state index is 4.24. The molecular formula is C13H18BrN5. The quantitative estimate of drug-likeness (QED) is 0.917. The normalized spacial score (nSPS) is 12.6. The molecular weight excluding hydrogens is 306 g/mol. The van der Waals surface area contributed by atoms with Crippen LogP contribution in [0.5, 0.6) is 0 Å². The minimum Gasteiger partial charge on any atom is -0.305 e. The summed E-state index contributed by atoms with van der Waals surface area (Å²) in [5, 5.41) is 11.7. The van der Waals surface area contributed by atoms with Gasteiger partial charge < -0.3 is 5.32 Å². The molecule has 0 fully saturated rings. The van der Waals surface area contributed by atoms with Crippen molar-refractivity contribution in [2.24, 2.45) is 7.05 Å². The number of hydrogen-bond acceptors (Lipinski definition) is 4. The van der Waals surface area contributed by atoms with Crippen LogP contribution in [-0.2, 0) is 7.05 Å². The van der Waals surface area contributed by atoms with Crippen molar-refractivity contribution in [1.29, 1.82) is 0 Å². The first kappa shape index (κ1) is 14.1. The molecule has 2 aromatic rings. The predicted molar refractivity (Wildman–Crippen MR) is 77.8 cm³/mol. The Morgan fingerprint density at radius 1 is 1.47 bits per heavy atom. The van der Waals surface area contributed by atoms with E-state index in [0.717, 1.165) is 28.8 Å². The molecule has 0 amide bonds. The van der Waals surface area contributed by atoms with E-state index in [1.165, 1.54) is 5.56 Å². The summed E-state index contributed by atoms with van der Waals surface area (Å²) in [5.74, 6) is 0. The molecule has 0 saturated carbocycles. The molecule has 0 aliphatic carbocycles. The Balaban J connectivity index is 2.45. The van der Waals surface area contributed by atoms with Crippen LogP contribution >= 0.6 is 15.9 Å². The minimum atomic E-state index is 0.0445. The summed E-state index contributed by atoms with van der Waals surface area (Å²) in [6.07, 6.45) is 4.78. The number of rotatable bonds is 5. The van der Waals surface area contributed by atoms with E-state index < -0.39 is 0 Å². The Morgan fingerprint density at radius 3 is 2.84 bits per heavy atom. The highest BCUT2D eigenvalue weighted by molar-refractivity contribution is 9.10. The van der Waals surface area contributed by atoms with Crippen LogP contribution in [-0.4, -0.2) is 26.5 Å². The monoisotopic (exact) mass is 323 g/mol. The molecule has 0 aromatic carbocycles. The molecule has 1 atom stereocenters. The third-order valence-electron chi connectivity index (χ3n) is 3.09. The third-order valence-corrected chi connectivity index (χ3v) is 3.65. The van der Waals surface area contributed by atoms with E-state index in [2.05, 4.69) is 50.4 Å². The van der Waals surface area contributed by atoms with Crippen LogP contribution in [0.1, 0.15) is 36.2 Å². The largest absolute Gasteiger partial charge is 0.305 e. The van der Waals surface area contributed by atoms with Gasteiger partial charge in [-0.15, -0.1) is 5.10 Å². The summed E-state index contributed by atoms with van der Waals surface area (Å²) in [6, 6.07) is 2.07. The molecule has 5 nitrogen and oxygen atoms in total. The average molecular weight is 324 g/mol. The van der Waals surface area contributed by atoms with Crippen LogP contribution in [0.15, 0.2) is 23.1 Å². The van der Waals surface area contributed by atoms with Gasteiger partial charge in [0.2, 0.25) is 0 Å². The summed E-state index contributed by atoms with van der Waals surface area (Å²) >= 11 is 3.48. The van der Waals surface area contributed by atoms with Crippen molar-refractivity contribution in [3.63, 3.8) is 0 Å². The molecule has 0 aliphatic heterocycles. The van der Waals surface area contributed by atoms with Gasteiger partial charge in [-0.3, -0.25) is 4.98 Å². The molecule has 0 saturated heterocycles. The van der Waals surface area contributed by atoms with Crippen molar-refractivity contribution < 1.29 is 0 Å². The van der Waals surface area contributed by atoms with Crippen LogP contribution in [0.2, 0.25) is 0 Å². The lowest BCUT2D eigenvalue weighted by atomic mass is 10.0. The number of halogens is 1. The van der Waals surface area contributed by atoms with E-state index >= 15 is 0 Å². The predicted octanol–water partition coefficient (Wildman–Crippen LogP) is 2.37. The average Bonchev–Trinajstić information content (AvgIpc) is 2.73. The molecule has 2 rings (SSSR count). The topological polar surface area (TPSA) is 55.6 Å². The summed E-state index contributed by atoms with van der Waals surface area (Å²) in [6.45, 7) is 5.17. The van der Waals surface area contributed by atoms with Gasteiger partial charge in [-0.2, -0.15) is 0 Å². The molecule has 6 heteroatoms. The molecule has 0 radical (unpaired) electrons. The Hall–Kier alpha value is -1.27. The van der Waals surface area contributed by atoms with E-state index in [4.69, 9.17) is 0 Å². The number of aromatic nitrogens is 4. The van der Waals surface area contributed by atoms with Gasteiger partial charge in [0, 0.05) is 19.4 Å². The van der Waals surface area contributed by atoms with Gasteiger partial charge in [0.25, 0.3) is 0 Å². The van der Waals surface area contributed by atoms with Crippen LogP contribution in [0.4, 0.5) is 0 Å². The smallest absolute Gasteiger partial charge is 0.153 e.